The van der Waals surface area contributed by atoms with Crippen molar-refractivity contribution in [2.75, 3.05) is 0 Å². The van der Waals surface area contributed by atoms with E-state index in [4.69, 9.17) is 0 Å². The zero-order chi connectivity index (χ0) is 24.7. The summed E-state index contributed by atoms with van der Waals surface area (Å²) in [5.41, 5.74) is 2.80. The summed E-state index contributed by atoms with van der Waals surface area (Å²) in [5.74, 6) is -2.65. The summed E-state index contributed by atoms with van der Waals surface area (Å²) < 4.78 is 46.4. The van der Waals surface area contributed by atoms with Crippen LogP contribution in [0.15, 0.2) is 24.4 Å². The number of imidazole rings is 2. The molecule has 0 fully saturated rings. The van der Waals surface area contributed by atoms with Crippen molar-refractivity contribution in [1.29, 1.82) is 0 Å². The molecule has 2 aliphatic rings. The van der Waals surface area contributed by atoms with E-state index in [0.29, 0.717) is 47.7 Å². The van der Waals surface area contributed by atoms with Crippen LogP contribution >= 0.6 is 0 Å². The maximum absolute atomic E-state index is 15.0. The Morgan fingerprint density at radius 1 is 1.20 bits per heavy atom. The Morgan fingerprint density at radius 2 is 2.03 bits per heavy atom. The molecule has 9 heteroatoms. The lowest BCUT2D eigenvalue weighted by molar-refractivity contribution is -0.0488. The van der Waals surface area contributed by atoms with Crippen LogP contribution in [0.1, 0.15) is 66.5 Å². The van der Waals surface area contributed by atoms with Crippen molar-refractivity contribution in [2.45, 2.75) is 77.9 Å². The third-order valence-electron chi connectivity index (χ3n) is 7.19. The number of aromatic nitrogens is 4. The van der Waals surface area contributed by atoms with Crippen molar-refractivity contribution in [3.63, 3.8) is 0 Å². The molecule has 1 amide bonds. The molecule has 6 nitrogen and oxygen atoms in total. The number of carbonyl (C=O) groups excluding carboxylic acids is 1. The van der Waals surface area contributed by atoms with E-state index in [1.54, 1.807) is 18.3 Å². The third-order valence-corrected chi connectivity index (χ3v) is 7.19. The molecular weight excluding hydrogens is 455 g/mol. The van der Waals surface area contributed by atoms with Gasteiger partial charge >= 0.3 is 0 Å². The van der Waals surface area contributed by atoms with Gasteiger partial charge in [-0.1, -0.05) is 13.0 Å². The molecule has 3 aromatic rings. The molecule has 1 atom stereocenters. The number of hydrogen-bond acceptors (Lipinski definition) is 3. The Balaban J connectivity index is 1.29. The largest absolute Gasteiger partial charge is 0.347 e. The number of alkyl halides is 2. The van der Waals surface area contributed by atoms with Gasteiger partial charge in [0.25, 0.3) is 5.91 Å². The first-order valence-corrected chi connectivity index (χ1v) is 12.3. The van der Waals surface area contributed by atoms with E-state index in [0.717, 1.165) is 44.2 Å². The molecule has 0 spiro atoms. The first-order valence-electron chi connectivity index (χ1n) is 12.3. The number of benzene rings is 1. The second-order valence-electron chi connectivity index (χ2n) is 9.66. The summed E-state index contributed by atoms with van der Waals surface area (Å²) in [6.07, 6.45) is 5.94. The first-order chi connectivity index (χ1) is 16.7. The predicted octanol–water partition coefficient (Wildman–Crippen LogP) is 4.93. The standard InChI is InChI=1S/C26H30F3N5O/c1-3-20-24(34-10-5-4-6-22(34)31-20)25(35)30-14-16-7-8-18(19(27)12-16)21-15-33-11-9-17(26(2,28)29)13-23(33)32-21/h7-8,12,15,17H,3-6,9-11,13-14H2,1-2H3,(H,30,35). The molecule has 1 aromatic carbocycles. The van der Waals surface area contributed by atoms with Crippen LogP contribution in [0.3, 0.4) is 0 Å². The van der Waals surface area contributed by atoms with Crippen LogP contribution in [0.25, 0.3) is 11.3 Å². The molecule has 0 saturated carbocycles. The second-order valence-corrected chi connectivity index (χ2v) is 9.66. The Hall–Kier alpha value is -3.10. The Labute approximate surface area is 202 Å². The Kier molecular flexibility index (Phi) is 6.19. The Morgan fingerprint density at radius 3 is 2.77 bits per heavy atom. The van der Waals surface area contributed by atoms with Gasteiger partial charge in [-0.3, -0.25) is 4.79 Å². The lowest BCUT2D eigenvalue weighted by Crippen LogP contribution is -2.32. The van der Waals surface area contributed by atoms with Crippen molar-refractivity contribution in [2.24, 2.45) is 5.92 Å². The van der Waals surface area contributed by atoms with Crippen LogP contribution in [0.5, 0.6) is 0 Å². The Bertz CT molecular complexity index is 1260. The number of amides is 1. The highest BCUT2D eigenvalue weighted by Crippen LogP contribution is 2.34. The van der Waals surface area contributed by atoms with Gasteiger partial charge < -0.3 is 14.5 Å². The van der Waals surface area contributed by atoms with E-state index in [1.165, 1.54) is 6.07 Å². The van der Waals surface area contributed by atoms with Crippen molar-refractivity contribution in [3.05, 3.63) is 58.8 Å². The molecule has 0 bridgehead atoms. The third kappa shape index (κ3) is 4.60. The summed E-state index contributed by atoms with van der Waals surface area (Å²) >= 11 is 0. The fourth-order valence-corrected chi connectivity index (χ4v) is 5.17. The summed E-state index contributed by atoms with van der Waals surface area (Å²) in [4.78, 5) is 22.1. The van der Waals surface area contributed by atoms with E-state index >= 15 is 4.39 Å². The average Bonchev–Trinajstić information content (AvgIpc) is 3.42. The minimum absolute atomic E-state index is 0.174. The number of halogens is 3. The first kappa shape index (κ1) is 23.6. The normalized spacial score (nSPS) is 17.7. The molecule has 0 saturated heterocycles. The fourth-order valence-electron chi connectivity index (χ4n) is 5.17. The number of aryl methyl sites for hydroxylation is 3. The van der Waals surface area contributed by atoms with Gasteiger partial charge in [0.15, 0.2) is 0 Å². The van der Waals surface area contributed by atoms with Crippen LogP contribution < -0.4 is 5.32 Å². The van der Waals surface area contributed by atoms with E-state index in [9.17, 15) is 13.6 Å². The number of fused-ring (bicyclic) bond motifs is 2. The van der Waals surface area contributed by atoms with Gasteiger partial charge in [-0.2, -0.15) is 0 Å². The molecule has 186 valence electrons. The molecule has 1 unspecified atom stereocenters. The average molecular weight is 486 g/mol. The number of hydrogen-bond donors (Lipinski definition) is 1. The minimum atomic E-state index is -2.76. The van der Waals surface area contributed by atoms with Crippen molar-refractivity contribution < 1.29 is 18.0 Å². The van der Waals surface area contributed by atoms with E-state index < -0.39 is 17.7 Å². The minimum Gasteiger partial charge on any atom is -0.347 e. The van der Waals surface area contributed by atoms with Crippen molar-refractivity contribution >= 4 is 5.91 Å². The molecule has 0 aliphatic carbocycles. The van der Waals surface area contributed by atoms with E-state index in [-0.39, 0.29) is 18.9 Å². The summed E-state index contributed by atoms with van der Waals surface area (Å²) in [6, 6.07) is 4.78. The number of nitrogens with one attached hydrogen (secondary N) is 1. The van der Waals surface area contributed by atoms with Crippen molar-refractivity contribution in [1.82, 2.24) is 24.4 Å². The van der Waals surface area contributed by atoms with Gasteiger partial charge in [0.05, 0.1) is 11.4 Å². The van der Waals surface area contributed by atoms with Crippen molar-refractivity contribution in [3.8, 4) is 11.3 Å². The van der Waals surface area contributed by atoms with Crippen LogP contribution in [0.2, 0.25) is 0 Å². The van der Waals surface area contributed by atoms with Crippen LogP contribution in [-0.4, -0.2) is 30.9 Å². The smallest absolute Gasteiger partial charge is 0.270 e. The molecule has 2 aromatic heterocycles. The number of nitrogens with zero attached hydrogens (tertiary/aromatic N) is 4. The van der Waals surface area contributed by atoms with Crippen LogP contribution in [-0.2, 0) is 38.9 Å². The van der Waals surface area contributed by atoms with Gasteiger partial charge in [0.1, 0.15) is 23.2 Å². The second kappa shape index (κ2) is 9.17. The molecular formula is C26H30F3N5O. The molecule has 1 N–H and O–H groups in total. The lowest BCUT2D eigenvalue weighted by atomic mass is 9.92. The summed E-state index contributed by atoms with van der Waals surface area (Å²) in [6.45, 7) is 4.35. The SMILES string of the molecule is CCc1nc2n(c1C(=O)NCc1ccc(-c3cn4c(n3)CC(C(C)(F)F)CC4)c(F)c1)CCCC2. The summed E-state index contributed by atoms with van der Waals surface area (Å²) in [5, 5.41) is 2.91. The monoisotopic (exact) mass is 485 g/mol. The molecule has 4 heterocycles. The highest BCUT2D eigenvalue weighted by molar-refractivity contribution is 5.94. The lowest BCUT2D eigenvalue weighted by Gasteiger charge is -2.27. The zero-order valence-corrected chi connectivity index (χ0v) is 20.1. The van der Waals surface area contributed by atoms with Crippen LogP contribution in [0, 0.1) is 11.7 Å². The summed E-state index contributed by atoms with van der Waals surface area (Å²) in [7, 11) is 0. The molecule has 5 rings (SSSR count). The predicted molar refractivity (Wildman–Crippen MR) is 126 cm³/mol. The quantitative estimate of drug-likeness (QED) is 0.538. The molecule has 2 aliphatic heterocycles. The fraction of sp³-hybridized carbons (Fsp3) is 0.500. The van der Waals surface area contributed by atoms with Gasteiger partial charge in [-0.15, -0.1) is 0 Å². The maximum Gasteiger partial charge on any atom is 0.270 e. The maximum atomic E-state index is 15.0. The zero-order valence-electron chi connectivity index (χ0n) is 20.1. The number of rotatable bonds is 6. The molecule has 0 radical (unpaired) electrons. The number of carbonyl (C=O) groups is 1. The van der Waals surface area contributed by atoms with Gasteiger partial charge in [0, 0.05) is 50.2 Å². The van der Waals surface area contributed by atoms with E-state index in [2.05, 4.69) is 15.3 Å². The van der Waals surface area contributed by atoms with Crippen LogP contribution in [0.4, 0.5) is 13.2 Å². The van der Waals surface area contributed by atoms with E-state index in [1.807, 2.05) is 16.1 Å². The highest BCUT2D eigenvalue weighted by Gasteiger charge is 2.37. The van der Waals surface area contributed by atoms with Gasteiger partial charge in [0.2, 0.25) is 5.92 Å². The van der Waals surface area contributed by atoms with Gasteiger partial charge in [-0.25, -0.2) is 23.1 Å². The topological polar surface area (TPSA) is 64.7 Å². The molecule has 35 heavy (non-hydrogen) atoms. The highest BCUT2D eigenvalue weighted by atomic mass is 19.3. The van der Waals surface area contributed by atoms with Gasteiger partial charge in [-0.05, 0) is 50.3 Å².